The molecule has 0 aliphatic carbocycles. The molecule has 0 fully saturated rings. The molecule has 2 aromatic heterocycles. The molecule has 0 bridgehead atoms. The number of benzene rings is 1. The first-order chi connectivity index (χ1) is 12.2. The summed E-state index contributed by atoms with van der Waals surface area (Å²) >= 11 is 0. The number of nitriles is 1. The smallest absolute Gasteiger partial charge is 0.274 e. The molecule has 0 atom stereocenters. The van der Waals surface area contributed by atoms with E-state index in [4.69, 9.17) is 5.26 Å². The third-order valence-corrected chi connectivity index (χ3v) is 3.49. The minimum Gasteiger partial charge on any atom is -0.381 e. The summed E-state index contributed by atoms with van der Waals surface area (Å²) in [5, 5.41) is 14.9. The molecule has 0 unspecified atom stereocenters. The lowest BCUT2D eigenvalue weighted by atomic mass is 10.2. The molecular weight excluding hydrogens is 314 g/mol. The monoisotopic (exact) mass is 329 g/mol. The third-order valence-electron chi connectivity index (χ3n) is 3.49. The number of rotatable bonds is 5. The molecule has 6 heteroatoms. The Balaban J connectivity index is 1.68. The highest BCUT2D eigenvalue weighted by atomic mass is 16.1. The molecule has 122 valence electrons. The van der Waals surface area contributed by atoms with Crippen LogP contribution in [-0.4, -0.2) is 15.9 Å². The van der Waals surface area contributed by atoms with Gasteiger partial charge in [0.05, 0.1) is 11.6 Å². The summed E-state index contributed by atoms with van der Waals surface area (Å²) in [5.74, 6) is -0.331. The zero-order valence-electron chi connectivity index (χ0n) is 13.3. The summed E-state index contributed by atoms with van der Waals surface area (Å²) in [6.07, 6.45) is 5.05. The summed E-state index contributed by atoms with van der Waals surface area (Å²) in [7, 11) is 0. The number of aromatic nitrogens is 2. The minimum atomic E-state index is -0.331. The molecule has 6 nitrogen and oxygen atoms in total. The molecule has 25 heavy (non-hydrogen) atoms. The summed E-state index contributed by atoms with van der Waals surface area (Å²) < 4.78 is 0. The van der Waals surface area contributed by atoms with Crippen molar-refractivity contribution in [1.29, 1.82) is 5.26 Å². The van der Waals surface area contributed by atoms with Crippen LogP contribution in [0.1, 0.15) is 21.6 Å². The highest BCUT2D eigenvalue weighted by molar-refractivity contribution is 6.03. The largest absolute Gasteiger partial charge is 0.381 e. The number of amides is 1. The van der Waals surface area contributed by atoms with Crippen LogP contribution >= 0.6 is 0 Å². The maximum atomic E-state index is 12.3. The van der Waals surface area contributed by atoms with E-state index < -0.39 is 0 Å². The van der Waals surface area contributed by atoms with Crippen LogP contribution < -0.4 is 10.6 Å². The molecule has 0 saturated heterocycles. The van der Waals surface area contributed by atoms with Crippen molar-refractivity contribution in [1.82, 2.24) is 9.97 Å². The Morgan fingerprint density at radius 1 is 1.04 bits per heavy atom. The van der Waals surface area contributed by atoms with E-state index >= 15 is 0 Å². The molecule has 0 aliphatic heterocycles. The Morgan fingerprint density at radius 2 is 1.88 bits per heavy atom. The number of carbonyl (C=O) groups is 1. The molecule has 1 amide bonds. The van der Waals surface area contributed by atoms with Crippen LogP contribution in [0.25, 0.3) is 0 Å². The van der Waals surface area contributed by atoms with Crippen molar-refractivity contribution >= 4 is 17.3 Å². The van der Waals surface area contributed by atoms with Gasteiger partial charge in [-0.25, -0.2) is 0 Å². The molecule has 1 aromatic carbocycles. The number of hydrogen-bond donors (Lipinski definition) is 2. The van der Waals surface area contributed by atoms with Crippen LogP contribution in [0.5, 0.6) is 0 Å². The number of anilines is 2. The fourth-order valence-corrected chi connectivity index (χ4v) is 2.23. The normalized spacial score (nSPS) is 9.88. The van der Waals surface area contributed by atoms with E-state index in [1.807, 2.05) is 18.2 Å². The van der Waals surface area contributed by atoms with Crippen LogP contribution in [0, 0.1) is 11.3 Å². The van der Waals surface area contributed by atoms with Crippen molar-refractivity contribution in [3.8, 4) is 6.07 Å². The predicted octanol–water partition coefficient (Wildman–Crippen LogP) is 3.21. The fourth-order valence-electron chi connectivity index (χ4n) is 2.23. The average molecular weight is 329 g/mol. The lowest BCUT2D eigenvalue weighted by Gasteiger charge is -2.09. The predicted molar refractivity (Wildman–Crippen MR) is 94.9 cm³/mol. The van der Waals surface area contributed by atoms with E-state index in [0.717, 1.165) is 11.3 Å². The van der Waals surface area contributed by atoms with Crippen LogP contribution in [-0.2, 0) is 6.54 Å². The Morgan fingerprint density at radius 3 is 2.68 bits per heavy atom. The Hall–Kier alpha value is -3.72. The number of pyridine rings is 2. The van der Waals surface area contributed by atoms with Crippen LogP contribution in [0.3, 0.4) is 0 Å². The van der Waals surface area contributed by atoms with Gasteiger partial charge in [-0.3, -0.25) is 14.8 Å². The molecule has 2 heterocycles. The second-order valence-corrected chi connectivity index (χ2v) is 5.29. The fraction of sp³-hybridized carbons (Fsp3) is 0.0526. The van der Waals surface area contributed by atoms with Gasteiger partial charge in [0.25, 0.3) is 5.91 Å². The van der Waals surface area contributed by atoms with Gasteiger partial charge in [0, 0.05) is 36.5 Å². The summed E-state index contributed by atoms with van der Waals surface area (Å²) in [6.45, 7) is 0.623. The van der Waals surface area contributed by atoms with Gasteiger partial charge in [0.15, 0.2) is 0 Å². The topological polar surface area (TPSA) is 90.7 Å². The van der Waals surface area contributed by atoms with Crippen molar-refractivity contribution in [2.75, 3.05) is 10.6 Å². The summed E-state index contributed by atoms with van der Waals surface area (Å²) in [5.41, 5.74) is 3.22. The molecule has 0 saturated carbocycles. The highest BCUT2D eigenvalue weighted by Gasteiger charge is 2.09. The van der Waals surface area contributed by atoms with Gasteiger partial charge in [-0.05, 0) is 48.0 Å². The Labute approximate surface area is 145 Å². The SMILES string of the molecule is N#Cc1cccc(NC(=O)c2cc(NCc3ccncc3)ccn2)c1. The molecule has 0 radical (unpaired) electrons. The first-order valence-electron chi connectivity index (χ1n) is 7.65. The zero-order valence-corrected chi connectivity index (χ0v) is 13.3. The second-order valence-electron chi connectivity index (χ2n) is 5.29. The van der Waals surface area contributed by atoms with E-state index in [2.05, 4.69) is 20.6 Å². The molecular formula is C19H15N5O. The average Bonchev–Trinajstić information content (AvgIpc) is 2.67. The quantitative estimate of drug-likeness (QED) is 0.750. The van der Waals surface area contributed by atoms with Gasteiger partial charge in [0.1, 0.15) is 5.69 Å². The van der Waals surface area contributed by atoms with Crippen LogP contribution in [0.15, 0.2) is 67.1 Å². The third kappa shape index (κ3) is 4.39. The molecule has 2 N–H and O–H groups in total. The van der Waals surface area contributed by atoms with Crippen molar-refractivity contribution < 1.29 is 4.79 Å². The standard InChI is InChI=1S/C19H15N5O/c20-12-15-2-1-3-17(10-15)24-19(25)18-11-16(6-9-22-18)23-13-14-4-7-21-8-5-14/h1-11H,13H2,(H,22,23)(H,24,25). The molecule has 3 aromatic rings. The lowest BCUT2D eigenvalue weighted by molar-refractivity contribution is 0.102. The number of carbonyl (C=O) groups excluding carboxylic acids is 1. The first kappa shape index (κ1) is 16.1. The summed E-state index contributed by atoms with van der Waals surface area (Å²) in [4.78, 5) is 20.4. The Bertz CT molecular complexity index is 918. The molecule has 0 spiro atoms. The first-order valence-corrected chi connectivity index (χ1v) is 7.65. The van der Waals surface area contributed by atoms with E-state index in [0.29, 0.717) is 23.5 Å². The van der Waals surface area contributed by atoms with E-state index in [1.165, 1.54) is 0 Å². The zero-order chi connectivity index (χ0) is 17.5. The number of nitrogens with one attached hydrogen (secondary N) is 2. The van der Waals surface area contributed by atoms with Gasteiger partial charge >= 0.3 is 0 Å². The lowest BCUT2D eigenvalue weighted by Crippen LogP contribution is -2.14. The second kappa shape index (κ2) is 7.70. The minimum absolute atomic E-state index is 0.294. The summed E-state index contributed by atoms with van der Waals surface area (Å²) in [6, 6.07) is 16.1. The van der Waals surface area contributed by atoms with Crippen LogP contribution in [0.4, 0.5) is 11.4 Å². The molecule has 0 aliphatic rings. The maximum Gasteiger partial charge on any atom is 0.274 e. The van der Waals surface area contributed by atoms with Crippen molar-refractivity contribution in [2.24, 2.45) is 0 Å². The van der Waals surface area contributed by atoms with Gasteiger partial charge in [-0.2, -0.15) is 5.26 Å². The van der Waals surface area contributed by atoms with Crippen molar-refractivity contribution in [3.63, 3.8) is 0 Å². The van der Waals surface area contributed by atoms with Gasteiger partial charge < -0.3 is 10.6 Å². The van der Waals surface area contributed by atoms with Crippen molar-refractivity contribution in [2.45, 2.75) is 6.54 Å². The van der Waals surface area contributed by atoms with Gasteiger partial charge in [-0.1, -0.05) is 6.07 Å². The highest BCUT2D eigenvalue weighted by Crippen LogP contribution is 2.14. The number of hydrogen-bond acceptors (Lipinski definition) is 5. The van der Waals surface area contributed by atoms with Crippen molar-refractivity contribution in [3.05, 3.63) is 83.9 Å². The molecule has 3 rings (SSSR count). The van der Waals surface area contributed by atoms with Gasteiger partial charge in [0.2, 0.25) is 0 Å². The van der Waals surface area contributed by atoms with E-state index in [-0.39, 0.29) is 5.91 Å². The maximum absolute atomic E-state index is 12.3. The van der Waals surface area contributed by atoms with E-state index in [1.54, 1.807) is 55.0 Å². The Kier molecular flexibility index (Phi) is 4.98. The number of nitrogens with zero attached hydrogens (tertiary/aromatic N) is 3. The van der Waals surface area contributed by atoms with E-state index in [9.17, 15) is 4.79 Å². The van der Waals surface area contributed by atoms with Crippen LogP contribution in [0.2, 0.25) is 0 Å². The van der Waals surface area contributed by atoms with Gasteiger partial charge in [-0.15, -0.1) is 0 Å².